The van der Waals surface area contributed by atoms with Gasteiger partial charge in [0.15, 0.2) is 0 Å². The number of carbonyl (C=O) groups is 1. The summed E-state index contributed by atoms with van der Waals surface area (Å²) in [6.45, 7) is 5.53. The number of benzene rings is 2. The summed E-state index contributed by atoms with van der Waals surface area (Å²) in [7, 11) is 0. The lowest BCUT2D eigenvalue weighted by molar-refractivity contribution is 0.0694. The van der Waals surface area contributed by atoms with E-state index in [2.05, 4.69) is 21.5 Å². The van der Waals surface area contributed by atoms with Crippen molar-refractivity contribution in [1.29, 1.82) is 5.26 Å². The summed E-state index contributed by atoms with van der Waals surface area (Å²) in [4.78, 5) is 17.8. The van der Waals surface area contributed by atoms with E-state index in [4.69, 9.17) is 9.47 Å². The van der Waals surface area contributed by atoms with Crippen LogP contribution in [-0.2, 0) is 17.9 Å². The number of nitrogens with one attached hydrogen (secondary N) is 1. The molecular weight excluding hydrogens is 432 g/mol. The summed E-state index contributed by atoms with van der Waals surface area (Å²) in [5.74, 6) is 0.650. The van der Waals surface area contributed by atoms with Crippen LogP contribution >= 0.6 is 0 Å². The van der Waals surface area contributed by atoms with Crippen molar-refractivity contribution in [1.82, 2.24) is 19.3 Å². The minimum Gasteiger partial charge on any atom is -0.489 e. The van der Waals surface area contributed by atoms with Crippen LogP contribution < -0.4 is 10.1 Å². The van der Waals surface area contributed by atoms with Crippen molar-refractivity contribution in [3.63, 3.8) is 0 Å². The van der Waals surface area contributed by atoms with Gasteiger partial charge in [-0.3, -0.25) is 19.4 Å². The number of nitrogens with zero attached hydrogens (tertiary/aromatic N) is 5. The van der Waals surface area contributed by atoms with Gasteiger partial charge in [-0.15, -0.1) is 0 Å². The number of aryl methyl sites for hydroxylation is 2. The number of anilines is 1. The molecule has 4 aromatic rings. The molecule has 0 fully saturated rings. The third-order valence-corrected chi connectivity index (χ3v) is 5.76. The molecule has 172 valence electrons. The smallest absolute Gasteiger partial charge is 0.276 e. The number of nitriles is 1. The molecule has 5 rings (SSSR count). The van der Waals surface area contributed by atoms with E-state index < -0.39 is 0 Å². The Kier molecular flexibility index (Phi) is 5.74. The van der Waals surface area contributed by atoms with Crippen LogP contribution in [0.25, 0.3) is 11.0 Å². The number of hydrogen-bond donors (Lipinski definition) is 1. The molecule has 2 aromatic heterocycles. The Morgan fingerprint density at radius 1 is 1.29 bits per heavy atom. The number of amides is 1. The van der Waals surface area contributed by atoms with E-state index in [1.165, 1.54) is 0 Å². The van der Waals surface area contributed by atoms with E-state index in [9.17, 15) is 10.1 Å². The molecule has 1 aliphatic heterocycles. The third-order valence-electron chi connectivity index (χ3n) is 5.76. The molecule has 3 heterocycles. The number of carbonyl (C=O) groups excluding carboxylic acids is 1. The topological polar surface area (TPSA) is 107 Å². The lowest BCUT2D eigenvalue weighted by Crippen LogP contribution is -2.28. The van der Waals surface area contributed by atoms with E-state index in [1.807, 2.05) is 48.7 Å². The largest absolute Gasteiger partial charge is 0.489 e. The molecule has 1 unspecified atom stereocenters. The van der Waals surface area contributed by atoms with E-state index in [0.717, 1.165) is 16.8 Å². The van der Waals surface area contributed by atoms with Gasteiger partial charge in [0, 0.05) is 12.6 Å². The Bertz CT molecular complexity index is 1400. The number of ether oxygens (including phenoxy) is 2. The van der Waals surface area contributed by atoms with Crippen LogP contribution in [-0.4, -0.2) is 38.5 Å². The fourth-order valence-electron chi connectivity index (χ4n) is 4.22. The standard InChI is InChI=1S/C25H24N6O3/c1-3-30-21(9-16(2)29-30)24(32)28-25-27-20-10-18(12-26)11-22-23(20)31(25)19(15-34-22)14-33-13-17-7-5-4-6-8-17/h4-11,19H,3,13-15H2,1-2H3,(H,27,28,32). The van der Waals surface area contributed by atoms with Gasteiger partial charge >= 0.3 is 0 Å². The molecule has 2 aromatic carbocycles. The normalized spacial score (nSPS) is 14.6. The van der Waals surface area contributed by atoms with Gasteiger partial charge in [-0.25, -0.2) is 4.98 Å². The quantitative estimate of drug-likeness (QED) is 0.453. The lowest BCUT2D eigenvalue weighted by Gasteiger charge is -2.27. The predicted octanol–water partition coefficient (Wildman–Crippen LogP) is 3.84. The zero-order chi connectivity index (χ0) is 23.7. The summed E-state index contributed by atoms with van der Waals surface area (Å²) in [6.07, 6.45) is 0. The first-order chi connectivity index (χ1) is 16.6. The molecule has 0 aliphatic carbocycles. The molecule has 0 bridgehead atoms. The summed E-state index contributed by atoms with van der Waals surface area (Å²) < 4.78 is 15.6. The molecule has 0 saturated carbocycles. The van der Waals surface area contributed by atoms with Gasteiger partial charge < -0.3 is 9.47 Å². The van der Waals surface area contributed by atoms with Crippen LogP contribution in [0.4, 0.5) is 5.95 Å². The molecule has 0 radical (unpaired) electrons. The molecule has 0 spiro atoms. The van der Waals surface area contributed by atoms with Crippen LogP contribution in [0.5, 0.6) is 5.75 Å². The van der Waals surface area contributed by atoms with Crippen molar-refractivity contribution < 1.29 is 14.3 Å². The predicted molar refractivity (Wildman–Crippen MR) is 126 cm³/mol. The van der Waals surface area contributed by atoms with Crippen molar-refractivity contribution in [3.8, 4) is 11.8 Å². The van der Waals surface area contributed by atoms with Gasteiger partial charge in [-0.05, 0) is 31.5 Å². The monoisotopic (exact) mass is 456 g/mol. The molecular formula is C25H24N6O3. The second kappa shape index (κ2) is 9.00. The van der Waals surface area contributed by atoms with Gasteiger partial charge in [0.25, 0.3) is 5.91 Å². The van der Waals surface area contributed by atoms with Crippen LogP contribution in [0.3, 0.4) is 0 Å². The SMILES string of the molecule is CCn1nc(C)cc1C(=O)Nc1nc2cc(C#N)cc3c2n1C(COCc1ccccc1)CO3. The summed E-state index contributed by atoms with van der Waals surface area (Å²) in [5.41, 5.74) is 4.06. The molecule has 9 nitrogen and oxygen atoms in total. The molecule has 0 saturated heterocycles. The molecule has 9 heteroatoms. The van der Waals surface area contributed by atoms with E-state index >= 15 is 0 Å². The second-order valence-electron chi connectivity index (χ2n) is 8.17. The van der Waals surface area contributed by atoms with Crippen molar-refractivity contribution in [2.45, 2.75) is 33.0 Å². The maximum atomic E-state index is 13.1. The highest BCUT2D eigenvalue weighted by atomic mass is 16.5. The first-order valence-corrected chi connectivity index (χ1v) is 11.1. The Morgan fingerprint density at radius 3 is 2.88 bits per heavy atom. The van der Waals surface area contributed by atoms with Gasteiger partial charge in [0.05, 0.1) is 42.1 Å². The second-order valence-corrected chi connectivity index (χ2v) is 8.17. The van der Waals surface area contributed by atoms with Crippen molar-refractivity contribution >= 4 is 22.9 Å². The Morgan fingerprint density at radius 2 is 2.12 bits per heavy atom. The molecule has 1 atom stereocenters. The zero-order valence-electron chi connectivity index (χ0n) is 19.0. The van der Waals surface area contributed by atoms with Crippen molar-refractivity contribution in [3.05, 3.63) is 71.0 Å². The third kappa shape index (κ3) is 4.00. The zero-order valence-corrected chi connectivity index (χ0v) is 19.0. The highest BCUT2D eigenvalue weighted by molar-refractivity contribution is 6.03. The number of aromatic nitrogens is 4. The van der Waals surface area contributed by atoms with Gasteiger partial charge in [-0.1, -0.05) is 30.3 Å². The molecule has 1 amide bonds. The fraction of sp³-hybridized carbons (Fsp3) is 0.280. The van der Waals surface area contributed by atoms with Gasteiger partial charge in [0.2, 0.25) is 5.95 Å². The van der Waals surface area contributed by atoms with E-state index in [0.29, 0.717) is 54.8 Å². The van der Waals surface area contributed by atoms with Crippen LogP contribution in [0.15, 0.2) is 48.5 Å². The highest BCUT2D eigenvalue weighted by Gasteiger charge is 2.29. The van der Waals surface area contributed by atoms with Gasteiger partial charge in [0.1, 0.15) is 23.6 Å². The molecule has 1 N–H and O–H groups in total. The fourth-order valence-corrected chi connectivity index (χ4v) is 4.22. The first-order valence-electron chi connectivity index (χ1n) is 11.1. The summed E-state index contributed by atoms with van der Waals surface area (Å²) >= 11 is 0. The minimum atomic E-state index is -0.300. The molecule has 34 heavy (non-hydrogen) atoms. The summed E-state index contributed by atoms with van der Waals surface area (Å²) in [6, 6.07) is 17.0. The summed E-state index contributed by atoms with van der Waals surface area (Å²) in [5, 5.41) is 16.7. The van der Waals surface area contributed by atoms with E-state index in [-0.39, 0.29) is 11.9 Å². The Balaban J connectivity index is 1.48. The average molecular weight is 457 g/mol. The van der Waals surface area contributed by atoms with Crippen LogP contribution in [0, 0.1) is 18.3 Å². The average Bonchev–Trinajstić information content (AvgIpc) is 3.42. The number of hydrogen-bond acceptors (Lipinski definition) is 6. The Labute approximate surface area is 196 Å². The maximum absolute atomic E-state index is 13.1. The Hall–Kier alpha value is -4.16. The number of imidazole rings is 1. The van der Waals surface area contributed by atoms with Crippen molar-refractivity contribution in [2.24, 2.45) is 0 Å². The van der Waals surface area contributed by atoms with Crippen LogP contribution in [0.1, 0.15) is 40.3 Å². The highest BCUT2D eigenvalue weighted by Crippen LogP contribution is 2.37. The number of rotatable bonds is 7. The van der Waals surface area contributed by atoms with E-state index in [1.54, 1.807) is 22.9 Å². The lowest BCUT2D eigenvalue weighted by atomic mass is 10.1. The van der Waals surface area contributed by atoms with Crippen molar-refractivity contribution in [2.75, 3.05) is 18.5 Å². The maximum Gasteiger partial charge on any atom is 0.276 e. The van der Waals surface area contributed by atoms with Gasteiger partial charge in [-0.2, -0.15) is 10.4 Å². The minimum absolute atomic E-state index is 0.206. The van der Waals surface area contributed by atoms with Crippen LogP contribution in [0.2, 0.25) is 0 Å². The first kappa shape index (κ1) is 21.7. The molecule has 1 aliphatic rings.